The average Bonchev–Trinajstić information content (AvgIpc) is 2.47. The maximum Gasteiger partial charge on any atom is 0.322 e. The molecule has 1 unspecified atom stereocenters. The highest BCUT2D eigenvalue weighted by molar-refractivity contribution is 5.89. The number of urea groups is 1. The van der Waals surface area contributed by atoms with Gasteiger partial charge in [0.25, 0.3) is 0 Å². The maximum absolute atomic E-state index is 12.1. The van der Waals surface area contributed by atoms with Gasteiger partial charge in [0, 0.05) is 12.7 Å². The summed E-state index contributed by atoms with van der Waals surface area (Å²) in [7, 11) is 1.80. The third kappa shape index (κ3) is 3.35. The minimum Gasteiger partial charge on any atom is -0.321 e. The summed E-state index contributed by atoms with van der Waals surface area (Å²) in [5.74, 6) is 0. The van der Waals surface area contributed by atoms with Crippen molar-refractivity contribution in [1.29, 1.82) is 0 Å². The number of rotatable bonds is 3. The lowest BCUT2D eigenvalue weighted by Crippen LogP contribution is -2.33. The van der Waals surface area contributed by atoms with Gasteiger partial charge in [-0.25, -0.2) is 4.79 Å². The van der Waals surface area contributed by atoms with E-state index in [0.29, 0.717) is 0 Å². The number of para-hydroxylation sites is 1. The van der Waals surface area contributed by atoms with Gasteiger partial charge in [-0.2, -0.15) is 0 Å². The number of nitrogens with one attached hydrogen (secondary N) is 1. The van der Waals surface area contributed by atoms with Gasteiger partial charge in [0.05, 0.1) is 6.04 Å². The van der Waals surface area contributed by atoms with Gasteiger partial charge in [-0.1, -0.05) is 48.5 Å². The number of nitrogens with zero attached hydrogens (tertiary/aromatic N) is 1. The molecule has 0 aromatic heterocycles. The van der Waals surface area contributed by atoms with Gasteiger partial charge in [-0.3, -0.25) is 0 Å². The third-order valence-electron chi connectivity index (χ3n) is 3.21. The van der Waals surface area contributed by atoms with Crippen LogP contribution in [-0.2, 0) is 0 Å². The topological polar surface area (TPSA) is 32.3 Å². The van der Waals surface area contributed by atoms with Gasteiger partial charge >= 0.3 is 6.03 Å². The quantitative estimate of drug-likeness (QED) is 0.884. The van der Waals surface area contributed by atoms with Crippen LogP contribution in [0, 0.1) is 0 Å². The predicted octanol–water partition coefficient (Wildman–Crippen LogP) is 3.91. The van der Waals surface area contributed by atoms with Crippen molar-refractivity contribution in [2.45, 2.75) is 13.0 Å². The van der Waals surface area contributed by atoms with Gasteiger partial charge in [0.15, 0.2) is 0 Å². The zero-order valence-electron chi connectivity index (χ0n) is 11.2. The molecular weight excluding hydrogens is 236 g/mol. The molecule has 0 radical (unpaired) electrons. The Hall–Kier alpha value is -2.29. The highest BCUT2D eigenvalue weighted by atomic mass is 16.2. The lowest BCUT2D eigenvalue weighted by atomic mass is 10.1. The summed E-state index contributed by atoms with van der Waals surface area (Å²) in [5, 5.41) is 2.88. The number of carbonyl (C=O) groups is 1. The van der Waals surface area contributed by atoms with E-state index in [9.17, 15) is 4.79 Å². The predicted molar refractivity (Wildman–Crippen MR) is 78.1 cm³/mol. The molecule has 98 valence electrons. The Labute approximate surface area is 113 Å². The minimum absolute atomic E-state index is 0.0323. The molecule has 0 fully saturated rings. The average molecular weight is 254 g/mol. The molecule has 0 bridgehead atoms. The summed E-state index contributed by atoms with van der Waals surface area (Å²) in [6.45, 7) is 2.01. The van der Waals surface area contributed by atoms with Crippen LogP contribution in [0.1, 0.15) is 18.5 Å². The highest BCUT2D eigenvalue weighted by Gasteiger charge is 2.16. The Balaban J connectivity index is 2.03. The Morgan fingerprint density at radius 2 is 1.53 bits per heavy atom. The Bertz CT molecular complexity index is 525. The third-order valence-corrected chi connectivity index (χ3v) is 3.21. The lowest BCUT2D eigenvalue weighted by Gasteiger charge is -2.25. The van der Waals surface area contributed by atoms with E-state index in [4.69, 9.17) is 0 Å². The molecular formula is C16H18N2O. The fourth-order valence-corrected chi connectivity index (χ4v) is 1.86. The van der Waals surface area contributed by atoms with E-state index in [2.05, 4.69) is 5.32 Å². The van der Waals surface area contributed by atoms with Crippen molar-refractivity contribution in [3.8, 4) is 0 Å². The minimum atomic E-state index is -0.109. The van der Waals surface area contributed by atoms with Crippen LogP contribution in [0.4, 0.5) is 10.5 Å². The monoisotopic (exact) mass is 254 g/mol. The largest absolute Gasteiger partial charge is 0.322 e. The fraction of sp³-hybridized carbons (Fsp3) is 0.188. The van der Waals surface area contributed by atoms with E-state index in [-0.39, 0.29) is 12.1 Å². The zero-order valence-corrected chi connectivity index (χ0v) is 11.2. The summed E-state index contributed by atoms with van der Waals surface area (Å²) in [6.07, 6.45) is 0. The Morgan fingerprint density at radius 1 is 1.00 bits per heavy atom. The van der Waals surface area contributed by atoms with E-state index >= 15 is 0 Å². The van der Waals surface area contributed by atoms with Crippen LogP contribution in [0.3, 0.4) is 0 Å². The molecule has 3 heteroatoms. The summed E-state index contributed by atoms with van der Waals surface area (Å²) >= 11 is 0. The van der Waals surface area contributed by atoms with Crippen LogP contribution in [0.5, 0.6) is 0 Å². The molecule has 0 saturated heterocycles. The van der Waals surface area contributed by atoms with Gasteiger partial charge < -0.3 is 10.2 Å². The van der Waals surface area contributed by atoms with Crippen molar-refractivity contribution in [1.82, 2.24) is 4.90 Å². The van der Waals surface area contributed by atoms with Crippen molar-refractivity contribution >= 4 is 11.7 Å². The molecule has 19 heavy (non-hydrogen) atoms. The van der Waals surface area contributed by atoms with Crippen LogP contribution in [0.25, 0.3) is 0 Å². The molecule has 2 aromatic carbocycles. The second kappa shape index (κ2) is 6.05. The summed E-state index contributed by atoms with van der Waals surface area (Å²) in [4.78, 5) is 13.8. The van der Waals surface area contributed by atoms with Gasteiger partial charge in [0.2, 0.25) is 0 Å². The van der Waals surface area contributed by atoms with Crippen LogP contribution >= 0.6 is 0 Å². The highest BCUT2D eigenvalue weighted by Crippen LogP contribution is 2.19. The molecule has 2 rings (SSSR count). The fourth-order valence-electron chi connectivity index (χ4n) is 1.86. The zero-order chi connectivity index (χ0) is 13.7. The molecule has 0 heterocycles. The standard InChI is InChI=1S/C16H18N2O/c1-13(14-9-5-3-6-10-14)18(2)16(19)17-15-11-7-4-8-12-15/h3-13H,1-2H3,(H,17,19). The van der Waals surface area contributed by atoms with Crippen molar-refractivity contribution in [3.63, 3.8) is 0 Å². The first-order valence-corrected chi connectivity index (χ1v) is 6.32. The van der Waals surface area contributed by atoms with Crippen LogP contribution in [0.2, 0.25) is 0 Å². The van der Waals surface area contributed by atoms with Crippen LogP contribution in [0.15, 0.2) is 60.7 Å². The van der Waals surface area contributed by atoms with Crippen molar-refractivity contribution < 1.29 is 4.79 Å². The number of amides is 2. The number of hydrogen-bond donors (Lipinski definition) is 1. The first-order valence-electron chi connectivity index (χ1n) is 6.32. The Kier molecular flexibility index (Phi) is 4.18. The first kappa shape index (κ1) is 13.1. The molecule has 2 amide bonds. The van der Waals surface area contributed by atoms with Gasteiger partial charge in [0.1, 0.15) is 0 Å². The maximum atomic E-state index is 12.1. The summed E-state index contributed by atoms with van der Waals surface area (Å²) in [6, 6.07) is 19.4. The van der Waals surface area contributed by atoms with Crippen LogP contribution in [-0.4, -0.2) is 18.0 Å². The van der Waals surface area contributed by atoms with E-state index in [0.717, 1.165) is 11.3 Å². The SMILES string of the molecule is CC(c1ccccc1)N(C)C(=O)Nc1ccccc1. The molecule has 1 atom stereocenters. The number of carbonyl (C=O) groups excluding carboxylic acids is 1. The summed E-state index contributed by atoms with van der Waals surface area (Å²) < 4.78 is 0. The molecule has 1 N–H and O–H groups in total. The van der Waals surface area contributed by atoms with Crippen LogP contribution < -0.4 is 5.32 Å². The van der Waals surface area contributed by atoms with E-state index in [1.807, 2.05) is 67.6 Å². The molecule has 3 nitrogen and oxygen atoms in total. The van der Waals surface area contributed by atoms with Gasteiger partial charge in [-0.15, -0.1) is 0 Å². The molecule has 0 aliphatic carbocycles. The normalized spacial score (nSPS) is 11.7. The Morgan fingerprint density at radius 3 is 2.11 bits per heavy atom. The molecule has 0 aliphatic heterocycles. The lowest BCUT2D eigenvalue weighted by molar-refractivity contribution is 0.208. The van der Waals surface area contributed by atoms with Gasteiger partial charge in [-0.05, 0) is 24.6 Å². The van der Waals surface area contributed by atoms with E-state index in [1.54, 1.807) is 11.9 Å². The second-order valence-electron chi connectivity index (χ2n) is 4.49. The van der Waals surface area contributed by atoms with E-state index in [1.165, 1.54) is 0 Å². The molecule has 0 saturated carbocycles. The first-order chi connectivity index (χ1) is 9.18. The smallest absolute Gasteiger partial charge is 0.321 e. The molecule has 0 aliphatic rings. The van der Waals surface area contributed by atoms with E-state index < -0.39 is 0 Å². The van der Waals surface area contributed by atoms with Crippen molar-refractivity contribution in [2.24, 2.45) is 0 Å². The number of hydrogen-bond acceptors (Lipinski definition) is 1. The number of anilines is 1. The van der Waals surface area contributed by atoms with Crippen molar-refractivity contribution in [3.05, 3.63) is 66.2 Å². The second-order valence-corrected chi connectivity index (χ2v) is 4.49. The number of benzene rings is 2. The van der Waals surface area contributed by atoms with Crippen molar-refractivity contribution in [2.75, 3.05) is 12.4 Å². The summed E-state index contributed by atoms with van der Waals surface area (Å²) in [5.41, 5.74) is 1.92. The molecule has 2 aromatic rings. The molecule has 0 spiro atoms.